The zero-order chi connectivity index (χ0) is 16.6. The van der Waals surface area contributed by atoms with Gasteiger partial charge in [-0.2, -0.15) is 0 Å². The van der Waals surface area contributed by atoms with E-state index in [9.17, 15) is 4.79 Å². The molecule has 1 aromatic carbocycles. The molecule has 0 saturated carbocycles. The molecule has 1 N–H and O–H groups in total. The lowest BCUT2D eigenvalue weighted by atomic mass is 9.73. The highest BCUT2D eigenvalue weighted by molar-refractivity contribution is 5.73. The molecule has 0 unspecified atom stereocenters. The van der Waals surface area contributed by atoms with E-state index in [1.54, 1.807) is 6.92 Å². The first-order valence-corrected chi connectivity index (χ1v) is 9.36. The molecule has 2 heterocycles. The van der Waals surface area contributed by atoms with Crippen molar-refractivity contribution in [2.45, 2.75) is 56.5 Å². The molecule has 4 heteroatoms. The van der Waals surface area contributed by atoms with Gasteiger partial charge >= 0.3 is 0 Å². The summed E-state index contributed by atoms with van der Waals surface area (Å²) in [7, 11) is 0. The number of rotatable bonds is 2. The summed E-state index contributed by atoms with van der Waals surface area (Å²) < 4.78 is 5.51. The van der Waals surface area contributed by atoms with Crippen LogP contribution < -0.4 is 5.32 Å². The first kappa shape index (κ1) is 16.1. The van der Waals surface area contributed by atoms with Gasteiger partial charge in [0.1, 0.15) is 0 Å². The van der Waals surface area contributed by atoms with E-state index in [0.29, 0.717) is 6.04 Å². The number of fused-ring (bicyclic) bond motifs is 2. The third-order valence-electron chi connectivity index (χ3n) is 6.34. The fourth-order valence-electron chi connectivity index (χ4n) is 5.11. The summed E-state index contributed by atoms with van der Waals surface area (Å²) >= 11 is 0. The molecule has 2 aliphatic heterocycles. The van der Waals surface area contributed by atoms with Gasteiger partial charge in [0.2, 0.25) is 5.91 Å². The number of likely N-dealkylation sites (tertiary alicyclic amines) is 1. The molecule has 0 radical (unpaired) electrons. The van der Waals surface area contributed by atoms with Crippen molar-refractivity contribution in [3.05, 3.63) is 35.4 Å². The number of ether oxygens (including phenoxy) is 1. The second-order valence-corrected chi connectivity index (χ2v) is 7.70. The molecule has 4 rings (SSSR count). The Morgan fingerprint density at radius 2 is 1.92 bits per heavy atom. The summed E-state index contributed by atoms with van der Waals surface area (Å²) in [6, 6.07) is 9.65. The fourth-order valence-corrected chi connectivity index (χ4v) is 5.11. The van der Waals surface area contributed by atoms with Crippen LogP contribution in [0.15, 0.2) is 24.3 Å². The van der Waals surface area contributed by atoms with Crippen molar-refractivity contribution in [2.75, 3.05) is 26.3 Å². The molecule has 1 atom stereocenters. The molecule has 1 aliphatic carbocycles. The van der Waals surface area contributed by atoms with Crippen LogP contribution in [-0.4, -0.2) is 43.2 Å². The molecular weight excluding hydrogens is 300 g/mol. The second-order valence-electron chi connectivity index (χ2n) is 7.70. The number of amides is 1. The van der Waals surface area contributed by atoms with Gasteiger partial charge in [-0.1, -0.05) is 24.3 Å². The number of carbonyl (C=O) groups excluding carboxylic acids is 1. The Hall–Kier alpha value is -1.39. The van der Waals surface area contributed by atoms with Gasteiger partial charge in [0, 0.05) is 31.6 Å². The molecule has 1 amide bonds. The topological polar surface area (TPSA) is 41.6 Å². The van der Waals surface area contributed by atoms with E-state index in [-0.39, 0.29) is 17.4 Å². The van der Waals surface area contributed by atoms with Gasteiger partial charge < -0.3 is 15.0 Å². The summed E-state index contributed by atoms with van der Waals surface area (Å²) in [6.07, 6.45) is 5.83. The molecule has 1 aromatic rings. The summed E-state index contributed by atoms with van der Waals surface area (Å²) in [6.45, 7) is 5.80. The number of benzene rings is 1. The molecule has 0 bridgehead atoms. The van der Waals surface area contributed by atoms with Crippen molar-refractivity contribution < 1.29 is 9.53 Å². The Morgan fingerprint density at radius 1 is 1.21 bits per heavy atom. The van der Waals surface area contributed by atoms with Crippen LogP contribution in [0.4, 0.5) is 0 Å². The SMILES string of the molecule is CC(=O)N[C@@H]1CC2(CCN(C3CCOCC3)CC2)c2ccccc21. The minimum absolute atomic E-state index is 0.0755. The van der Waals surface area contributed by atoms with Gasteiger partial charge in [0.05, 0.1) is 6.04 Å². The molecular formula is C20H28N2O2. The van der Waals surface area contributed by atoms with Crippen molar-refractivity contribution in [2.24, 2.45) is 0 Å². The van der Waals surface area contributed by atoms with Crippen LogP contribution in [0.2, 0.25) is 0 Å². The Balaban J connectivity index is 1.51. The van der Waals surface area contributed by atoms with Crippen molar-refractivity contribution >= 4 is 5.91 Å². The predicted molar refractivity (Wildman–Crippen MR) is 93.9 cm³/mol. The van der Waals surface area contributed by atoms with E-state index in [2.05, 4.69) is 34.5 Å². The molecule has 0 aromatic heterocycles. The Kier molecular flexibility index (Phi) is 4.35. The highest BCUT2D eigenvalue weighted by Crippen LogP contribution is 2.51. The van der Waals surface area contributed by atoms with E-state index in [1.807, 2.05) is 0 Å². The van der Waals surface area contributed by atoms with Crippen LogP contribution in [0.3, 0.4) is 0 Å². The van der Waals surface area contributed by atoms with Crippen molar-refractivity contribution in [1.29, 1.82) is 0 Å². The summed E-state index contributed by atoms with van der Waals surface area (Å²) in [5, 5.41) is 3.18. The van der Waals surface area contributed by atoms with E-state index < -0.39 is 0 Å². The molecule has 2 fully saturated rings. The van der Waals surface area contributed by atoms with E-state index >= 15 is 0 Å². The highest BCUT2D eigenvalue weighted by atomic mass is 16.5. The Morgan fingerprint density at radius 3 is 2.62 bits per heavy atom. The maximum Gasteiger partial charge on any atom is 0.217 e. The van der Waals surface area contributed by atoms with E-state index in [0.717, 1.165) is 19.6 Å². The van der Waals surface area contributed by atoms with Crippen LogP contribution >= 0.6 is 0 Å². The zero-order valence-electron chi connectivity index (χ0n) is 14.6. The number of hydrogen-bond donors (Lipinski definition) is 1. The van der Waals surface area contributed by atoms with Gasteiger partial charge in [-0.15, -0.1) is 0 Å². The van der Waals surface area contributed by atoms with Gasteiger partial charge in [0.25, 0.3) is 0 Å². The maximum atomic E-state index is 11.6. The average molecular weight is 328 g/mol. The minimum atomic E-state index is 0.0755. The third-order valence-corrected chi connectivity index (χ3v) is 6.34. The zero-order valence-corrected chi connectivity index (χ0v) is 14.6. The molecule has 3 aliphatic rings. The first-order chi connectivity index (χ1) is 11.7. The smallest absolute Gasteiger partial charge is 0.217 e. The highest BCUT2D eigenvalue weighted by Gasteiger charge is 2.46. The monoisotopic (exact) mass is 328 g/mol. The van der Waals surface area contributed by atoms with Crippen LogP contribution in [0, 0.1) is 0 Å². The molecule has 1 spiro atoms. The third kappa shape index (κ3) is 2.86. The molecule has 2 saturated heterocycles. The molecule has 4 nitrogen and oxygen atoms in total. The Labute approximate surface area is 144 Å². The van der Waals surface area contributed by atoms with Gasteiger partial charge in [0.15, 0.2) is 0 Å². The minimum Gasteiger partial charge on any atom is -0.381 e. The van der Waals surface area contributed by atoms with E-state index in [4.69, 9.17) is 4.74 Å². The lowest BCUT2D eigenvalue weighted by molar-refractivity contribution is -0.119. The predicted octanol–water partition coefficient (Wildman–Crippen LogP) is 2.78. The Bertz CT molecular complexity index is 601. The summed E-state index contributed by atoms with van der Waals surface area (Å²) in [5.41, 5.74) is 3.08. The fraction of sp³-hybridized carbons (Fsp3) is 0.650. The van der Waals surface area contributed by atoms with Crippen LogP contribution in [0.25, 0.3) is 0 Å². The van der Waals surface area contributed by atoms with Crippen LogP contribution in [-0.2, 0) is 14.9 Å². The standard InChI is InChI=1S/C20H28N2O2/c1-15(23)21-19-14-20(18-5-3-2-4-17(18)19)8-10-22(11-9-20)16-6-12-24-13-7-16/h2-5,16,19H,6-14H2,1H3,(H,21,23)/t19-/m1/s1. The number of piperidine rings is 1. The first-order valence-electron chi connectivity index (χ1n) is 9.36. The maximum absolute atomic E-state index is 11.6. The summed E-state index contributed by atoms with van der Waals surface area (Å²) in [4.78, 5) is 14.3. The van der Waals surface area contributed by atoms with Gasteiger partial charge in [-0.05, 0) is 56.3 Å². The molecule has 130 valence electrons. The lowest BCUT2D eigenvalue weighted by Gasteiger charge is -2.44. The van der Waals surface area contributed by atoms with Crippen LogP contribution in [0.5, 0.6) is 0 Å². The lowest BCUT2D eigenvalue weighted by Crippen LogP contribution is -2.48. The number of nitrogens with zero attached hydrogens (tertiary/aromatic N) is 1. The number of carbonyl (C=O) groups is 1. The van der Waals surface area contributed by atoms with Gasteiger partial charge in [-0.3, -0.25) is 4.79 Å². The van der Waals surface area contributed by atoms with Gasteiger partial charge in [-0.25, -0.2) is 0 Å². The number of hydrogen-bond acceptors (Lipinski definition) is 3. The average Bonchev–Trinajstić information content (AvgIpc) is 2.90. The van der Waals surface area contributed by atoms with Crippen molar-refractivity contribution in [3.8, 4) is 0 Å². The largest absolute Gasteiger partial charge is 0.381 e. The van der Waals surface area contributed by atoms with Crippen molar-refractivity contribution in [1.82, 2.24) is 10.2 Å². The normalized spacial score (nSPS) is 27.1. The second kappa shape index (κ2) is 6.49. The quantitative estimate of drug-likeness (QED) is 0.908. The van der Waals surface area contributed by atoms with Crippen molar-refractivity contribution in [3.63, 3.8) is 0 Å². The van der Waals surface area contributed by atoms with Crippen LogP contribution in [0.1, 0.15) is 56.2 Å². The summed E-state index contributed by atoms with van der Waals surface area (Å²) in [5.74, 6) is 0.0755. The van der Waals surface area contributed by atoms with E-state index in [1.165, 1.54) is 49.9 Å². The number of nitrogens with one attached hydrogen (secondary N) is 1. The molecule has 24 heavy (non-hydrogen) atoms.